The van der Waals surface area contributed by atoms with Gasteiger partial charge in [-0.2, -0.15) is 0 Å². The molecule has 35 heavy (non-hydrogen) atoms. The van der Waals surface area contributed by atoms with Crippen molar-refractivity contribution >= 4 is 34.4 Å². The Kier molecular flexibility index (Phi) is 5.51. The predicted molar refractivity (Wildman–Crippen MR) is 134 cm³/mol. The van der Waals surface area contributed by atoms with Gasteiger partial charge >= 0.3 is 5.63 Å². The Balaban J connectivity index is 1.87. The third-order valence-corrected chi connectivity index (χ3v) is 6.41. The van der Waals surface area contributed by atoms with Gasteiger partial charge in [0.1, 0.15) is 11.2 Å². The molecule has 5 rings (SSSR count). The summed E-state index contributed by atoms with van der Waals surface area (Å²) in [6.45, 7) is 5.15. The highest BCUT2D eigenvalue weighted by molar-refractivity contribution is 6.01. The first kappa shape index (κ1) is 22.6. The van der Waals surface area contributed by atoms with Crippen molar-refractivity contribution in [2.75, 3.05) is 10.6 Å². The van der Waals surface area contributed by atoms with Gasteiger partial charge in [0.25, 0.3) is 5.56 Å². The summed E-state index contributed by atoms with van der Waals surface area (Å²) >= 11 is 0. The summed E-state index contributed by atoms with van der Waals surface area (Å²) < 4.78 is 22.2. The lowest BCUT2D eigenvalue weighted by Gasteiger charge is -2.19. The summed E-state index contributed by atoms with van der Waals surface area (Å²) in [4.78, 5) is 37.7. The van der Waals surface area contributed by atoms with Crippen LogP contribution in [0.3, 0.4) is 0 Å². The van der Waals surface area contributed by atoms with E-state index < -0.39 is 11.4 Å². The van der Waals surface area contributed by atoms with Crippen molar-refractivity contribution < 1.29 is 13.6 Å². The molecule has 2 heterocycles. The van der Waals surface area contributed by atoms with E-state index in [1.807, 2.05) is 13.0 Å². The second kappa shape index (κ2) is 8.54. The topological polar surface area (TPSA) is 93.3 Å². The molecule has 0 saturated heterocycles. The Morgan fingerprint density at radius 1 is 1.09 bits per heavy atom. The van der Waals surface area contributed by atoms with Crippen molar-refractivity contribution in [3.05, 3.63) is 85.9 Å². The average Bonchev–Trinajstić information content (AvgIpc) is 3.64. The number of aromatic nitrogens is 1. The Bertz CT molecular complexity index is 1620. The smallest absolute Gasteiger partial charge is 0.341 e. The summed E-state index contributed by atoms with van der Waals surface area (Å²) in [7, 11) is 0. The predicted octanol–water partition coefficient (Wildman–Crippen LogP) is 5.33. The minimum atomic E-state index is -0.626. The van der Waals surface area contributed by atoms with Crippen molar-refractivity contribution in [2.45, 2.75) is 39.7 Å². The number of aryl methyl sites for hydroxylation is 1. The molecule has 0 bridgehead atoms. The number of hydrogen-bond donors (Lipinski definition) is 2. The SMILES string of the molecule is Cc1ccc(Nc2c(C)c(=O)oc3c(-c4cccc(NC=O)c4)c(C)n(C4CC4)c(=O)c23)c(F)c1. The standard InChI is InChI=1S/C27H24FN3O4/c1-14-7-10-21(20(28)11-14)30-24-15(2)27(34)35-25-22(17-5-4-6-18(12-17)29-13-32)16(3)31(19-8-9-19)26(33)23(24)25/h4-7,10-13,19,30H,8-9H2,1-3H3,(H,29,32). The van der Waals surface area contributed by atoms with Crippen LogP contribution in [0.1, 0.15) is 35.7 Å². The van der Waals surface area contributed by atoms with Gasteiger partial charge in [-0.15, -0.1) is 0 Å². The highest BCUT2D eigenvalue weighted by Crippen LogP contribution is 2.41. The van der Waals surface area contributed by atoms with Gasteiger partial charge in [-0.05, 0) is 69.0 Å². The van der Waals surface area contributed by atoms with Crippen LogP contribution in [-0.4, -0.2) is 11.0 Å². The van der Waals surface area contributed by atoms with Crippen molar-refractivity contribution in [3.63, 3.8) is 0 Å². The van der Waals surface area contributed by atoms with Crippen molar-refractivity contribution in [1.82, 2.24) is 4.57 Å². The number of halogens is 1. The van der Waals surface area contributed by atoms with E-state index in [0.717, 1.165) is 18.4 Å². The molecule has 0 radical (unpaired) electrons. The van der Waals surface area contributed by atoms with E-state index in [1.165, 1.54) is 6.07 Å². The quantitative estimate of drug-likeness (QED) is 0.369. The van der Waals surface area contributed by atoms with E-state index in [0.29, 0.717) is 28.9 Å². The number of rotatable bonds is 6. The van der Waals surface area contributed by atoms with Gasteiger partial charge in [0.05, 0.1) is 16.9 Å². The van der Waals surface area contributed by atoms with E-state index >= 15 is 0 Å². The molecule has 1 saturated carbocycles. The molecule has 0 atom stereocenters. The molecule has 1 fully saturated rings. The van der Waals surface area contributed by atoms with E-state index in [9.17, 15) is 18.8 Å². The molecule has 1 aliphatic rings. The summed E-state index contributed by atoms with van der Waals surface area (Å²) in [6.07, 6.45) is 2.31. The van der Waals surface area contributed by atoms with Crippen LogP contribution in [0.4, 0.5) is 21.5 Å². The zero-order valence-electron chi connectivity index (χ0n) is 19.6. The maximum absolute atomic E-state index is 14.7. The summed E-state index contributed by atoms with van der Waals surface area (Å²) in [5.41, 5.74) is 2.98. The van der Waals surface area contributed by atoms with Gasteiger partial charge in [-0.25, -0.2) is 9.18 Å². The van der Waals surface area contributed by atoms with E-state index in [-0.39, 0.29) is 39.5 Å². The number of benzene rings is 2. The fourth-order valence-corrected chi connectivity index (χ4v) is 4.52. The highest BCUT2D eigenvalue weighted by Gasteiger charge is 2.31. The molecule has 178 valence electrons. The molecule has 2 N–H and O–H groups in total. The normalized spacial score (nSPS) is 13.1. The number of nitrogens with zero attached hydrogens (tertiary/aromatic N) is 1. The summed E-state index contributed by atoms with van der Waals surface area (Å²) in [5, 5.41) is 5.81. The minimum Gasteiger partial charge on any atom is -0.421 e. The third-order valence-electron chi connectivity index (χ3n) is 6.41. The van der Waals surface area contributed by atoms with E-state index in [4.69, 9.17) is 4.42 Å². The molecule has 1 amide bonds. The first-order valence-electron chi connectivity index (χ1n) is 11.4. The van der Waals surface area contributed by atoms with Gasteiger partial charge in [-0.1, -0.05) is 18.2 Å². The lowest BCUT2D eigenvalue weighted by Crippen LogP contribution is -2.25. The molecule has 8 heteroatoms. The Morgan fingerprint density at radius 2 is 1.86 bits per heavy atom. The second-order valence-corrected chi connectivity index (χ2v) is 8.91. The Hall–Kier alpha value is -4.20. The molecular formula is C27H24FN3O4. The summed E-state index contributed by atoms with van der Waals surface area (Å²) in [5.74, 6) is -0.492. The van der Waals surface area contributed by atoms with Crippen LogP contribution in [0.25, 0.3) is 22.1 Å². The van der Waals surface area contributed by atoms with Gasteiger partial charge in [0, 0.05) is 23.0 Å². The second-order valence-electron chi connectivity index (χ2n) is 8.91. The molecule has 0 aliphatic heterocycles. The molecule has 0 spiro atoms. The monoisotopic (exact) mass is 473 g/mol. The number of hydrogen-bond acceptors (Lipinski definition) is 5. The Labute approximate surface area is 200 Å². The summed E-state index contributed by atoms with van der Waals surface area (Å²) in [6, 6.07) is 11.8. The zero-order chi connectivity index (χ0) is 24.9. The molecule has 7 nitrogen and oxygen atoms in total. The van der Waals surface area contributed by atoms with Gasteiger partial charge < -0.3 is 19.6 Å². The maximum Gasteiger partial charge on any atom is 0.341 e. The lowest BCUT2D eigenvalue weighted by molar-refractivity contribution is -0.105. The fourth-order valence-electron chi connectivity index (χ4n) is 4.52. The van der Waals surface area contributed by atoms with E-state index in [2.05, 4.69) is 10.6 Å². The fraction of sp³-hybridized carbons (Fsp3) is 0.222. The molecule has 2 aromatic heterocycles. The zero-order valence-corrected chi connectivity index (χ0v) is 19.6. The Morgan fingerprint density at radius 3 is 2.54 bits per heavy atom. The van der Waals surface area contributed by atoms with Crippen LogP contribution >= 0.6 is 0 Å². The number of anilines is 3. The number of nitrogens with one attached hydrogen (secondary N) is 2. The number of fused-ring (bicyclic) bond motifs is 1. The lowest BCUT2D eigenvalue weighted by atomic mass is 9.99. The molecule has 4 aromatic rings. The number of amides is 1. The number of carbonyl (C=O) groups is 1. The van der Waals surface area contributed by atoms with Crippen molar-refractivity contribution in [1.29, 1.82) is 0 Å². The number of carbonyl (C=O) groups excluding carboxylic acids is 1. The maximum atomic E-state index is 14.7. The molecule has 0 unspecified atom stereocenters. The van der Waals surface area contributed by atoms with Crippen LogP contribution < -0.4 is 21.8 Å². The van der Waals surface area contributed by atoms with Crippen molar-refractivity contribution in [3.8, 4) is 11.1 Å². The first-order chi connectivity index (χ1) is 16.8. The van der Waals surface area contributed by atoms with Crippen LogP contribution in [0, 0.1) is 26.6 Å². The molecule has 1 aliphatic carbocycles. The van der Waals surface area contributed by atoms with Crippen LogP contribution in [0.15, 0.2) is 56.5 Å². The first-order valence-corrected chi connectivity index (χ1v) is 11.4. The van der Waals surface area contributed by atoms with Crippen LogP contribution in [-0.2, 0) is 4.79 Å². The largest absolute Gasteiger partial charge is 0.421 e. The third kappa shape index (κ3) is 3.90. The molecule has 2 aromatic carbocycles. The van der Waals surface area contributed by atoms with Crippen LogP contribution in [0.2, 0.25) is 0 Å². The number of pyridine rings is 1. The van der Waals surface area contributed by atoms with Crippen molar-refractivity contribution in [2.24, 2.45) is 0 Å². The van der Waals surface area contributed by atoms with Gasteiger partial charge in [0.15, 0.2) is 5.58 Å². The van der Waals surface area contributed by atoms with Crippen LogP contribution in [0.5, 0.6) is 0 Å². The highest BCUT2D eigenvalue weighted by atomic mass is 19.1. The van der Waals surface area contributed by atoms with Gasteiger partial charge in [-0.3, -0.25) is 9.59 Å². The minimum absolute atomic E-state index is 0.0399. The average molecular weight is 474 g/mol. The van der Waals surface area contributed by atoms with Gasteiger partial charge in [0.2, 0.25) is 6.41 Å². The molecular weight excluding hydrogens is 449 g/mol. The van der Waals surface area contributed by atoms with E-state index in [1.54, 1.807) is 48.7 Å².